The monoisotopic (exact) mass is 268 g/mol. The average molecular weight is 268 g/mol. The topological polar surface area (TPSA) is 60.0 Å². The van der Waals surface area contributed by atoms with Crippen molar-refractivity contribution in [2.75, 3.05) is 6.54 Å². The molecule has 0 radical (unpaired) electrons. The van der Waals surface area contributed by atoms with E-state index in [1.165, 1.54) is 0 Å². The number of aromatic nitrogens is 5. The lowest BCUT2D eigenvalue weighted by Crippen LogP contribution is -2.17. The summed E-state index contributed by atoms with van der Waals surface area (Å²) >= 11 is 0. The number of nitrogens with zero attached hydrogens (tertiary/aromatic N) is 5. The first kappa shape index (κ1) is 12.6. The van der Waals surface area contributed by atoms with Gasteiger partial charge in [0, 0.05) is 43.7 Å². The van der Waals surface area contributed by atoms with Gasteiger partial charge in [0.15, 0.2) is 5.65 Å². The summed E-state index contributed by atoms with van der Waals surface area (Å²) in [6.45, 7) is 5.29. The molecule has 0 saturated heterocycles. The summed E-state index contributed by atoms with van der Waals surface area (Å²) in [7, 11) is 0. The van der Waals surface area contributed by atoms with Crippen molar-refractivity contribution < 1.29 is 0 Å². The van der Waals surface area contributed by atoms with E-state index in [2.05, 4.69) is 27.2 Å². The predicted octanol–water partition coefficient (Wildman–Crippen LogP) is 1.36. The van der Waals surface area contributed by atoms with E-state index < -0.39 is 0 Å². The van der Waals surface area contributed by atoms with Crippen molar-refractivity contribution in [1.82, 2.24) is 29.7 Å². The lowest BCUT2D eigenvalue weighted by Gasteiger charge is -2.02. The van der Waals surface area contributed by atoms with E-state index in [1.54, 1.807) is 10.9 Å². The maximum absolute atomic E-state index is 4.20. The maximum Gasteiger partial charge on any atom is 0.160 e. The average Bonchev–Trinajstić information content (AvgIpc) is 3.10. The molecule has 0 aliphatic rings. The SMILES string of the molecule is C=Cn1cc(CNCCc2nnc3ccccn23)cn1. The fourth-order valence-electron chi connectivity index (χ4n) is 2.06. The Morgan fingerprint density at radius 2 is 2.25 bits per heavy atom. The summed E-state index contributed by atoms with van der Waals surface area (Å²) in [5.41, 5.74) is 2.02. The van der Waals surface area contributed by atoms with E-state index in [1.807, 2.05) is 41.2 Å². The molecule has 0 atom stereocenters. The van der Waals surface area contributed by atoms with Crippen LogP contribution < -0.4 is 5.32 Å². The molecule has 6 nitrogen and oxygen atoms in total. The Bertz CT molecular complexity index is 711. The third-order valence-electron chi connectivity index (χ3n) is 3.08. The standard InChI is InChI=1S/C14H16N6/c1-2-19-11-12(10-16-19)9-15-7-6-14-18-17-13-5-3-4-8-20(13)14/h2-5,8,10-11,15H,1,6-7,9H2. The van der Waals surface area contributed by atoms with Gasteiger partial charge in [-0.2, -0.15) is 5.10 Å². The van der Waals surface area contributed by atoms with E-state index in [0.717, 1.165) is 36.5 Å². The molecule has 102 valence electrons. The minimum absolute atomic E-state index is 0.782. The quantitative estimate of drug-likeness (QED) is 0.686. The Morgan fingerprint density at radius 1 is 1.30 bits per heavy atom. The minimum Gasteiger partial charge on any atom is -0.312 e. The van der Waals surface area contributed by atoms with Crippen LogP contribution >= 0.6 is 0 Å². The molecule has 3 aromatic rings. The molecule has 0 aliphatic carbocycles. The number of nitrogens with one attached hydrogen (secondary N) is 1. The van der Waals surface area contributed by atoms with E-state index in [-0.39, 0.29) is 0 Å². The van der Waals surface area contributed by atoms with Gasteiger partial charge in [-0.25, -0.2) is 4.68 Å². The number of hydrogen-bond acceptors (Lipinski definition) is 4. The highest BCUT2D eigenvalue weighted by molar-refractivity contribution is 5.37. The van der Waals surface area contributed by atoms with Gasteiger partial charge in [-0.15, -0.1) is 10.2 Å². The van der Waals surface area contributed by atoms with Crippen LogP contribution in [0.1, 0.15) is 11.4 Å². The van der Waals surface area contributed by atoms with Crippen molar-refractivity contribution in [2.45, 2.75) is 13.0 Å². The Morgan fingerprint density at radius 3 is 3.10 bits per heavy atom. The zero-order valence-electron chi connectivity index (χ0n) is 11.1. The molecule has 0 bridgehead atoms. The van der Waals surface area contributed by atoms with E-state index in [0.29, 0.717) is 0 Å². The summed E-state index contributed by atoms with van der Waals surface area (Å²) in [4.78, 5) is 0. The van der Waals surface area contributed by atoms with E-state index >= 15 is 0 Å². The van der Waals surface area contributed by atoms with Gasteiger partial charge in [-0.1, -0.05) is 12.6 Å². The number of rotatable bonds is 6. The molecule has 1 N–H and O–H groups in total. The van der Waals surface area contributed by atoms with Crippen LogP contribution in [0.4, 0.5) is 0 Å². The van der Waals surface area contributed by atoms with Gasteiger partial charge >= 0.3 is 0 Å². The molecule has 3 aromatic heterocycles. The summed E-state index contributed by atoms with van der Waals surface area (Å²) in [6, 6.07) is 5.90. The van der Waals surface area contributed by atoms with Crippen LogP contribution in [0.5, 0.6) is 0 Å². The van der Waals surface area contributed by atoms with Crippen LogP contribution in [0.3, 0.4) is 0 Å². The maximum atomic E-state index is 4.20. The van der Waals surface area contributed by atoms with Crippen molar-refractivity contribution in [1.29, 1.82) is 0 Å². The Hall–Kier alpha value is -2.47. The second-order valence-electron chi connectivity index (χ2n) is 4.48. The third kappa shape index (κ3) is 2.60. The molecule has 3 rings (SSSR count). The number of fused-ring (bicyclic) bond motifs is 1. The summed E-state index contributed by atoms with van der Waals surface area (Å²) in [5, 5.41) is 15.8. The summed E-state index contributed by atoms with van der Waals surface area (Å²) in [5.74, 6) is 0.967. The summed E-state index contributed by atoms with van der Waals surface area (Å²) < 4.78 is 3.71. The lowest BCUT2D eigenvalue weighted by atomic mass is 10.3. The Kier molecular flexibility index (Phi) is 3.56. The van der Waals surface area contributed by atoms with Gasteiger partial charge in [0.2, 0.25) is 0 Å². The van der Waals surface area contributed by atoms with Gasteiger partial charge in [0.05, 0.1) is 6.20 Å². The van der Waals surface area contributed by atoms with Crippen LogP contribution in [0.2, 0.25) is 0 Å². The molecule has 0 saturated carbocycles. The van der Waals surface area contributed by atoms with Crippen molar-refractivity contribution in [3.63, 3.8) is 0 Å². The number of pyridine rings is 1. The molecule has 0 fully saturated rings. The first-order valence-corrected chi connectivity index (χ1v) is 6.52. The highest BCUT2D eigenvalue weighted by atomic mass is 15.3. The minimum atomic E-state index is 0.782. The molecule has 0 spiro atoms. The van der Waals surface area contributed by atoms with Crippen LogP contribution in [0, 0.1) is 0 Å². The molecule has 20 heavy (non-hydrogen) atoms. The van der Waals surface area contributed by atoms with Gasteiger partial charge in [-0.05, 0) is 12.1 Å². The van der Waals surface area contributed by atoms with E-state index in [9.17, 15) is 0 Å². The fraction of sp³-hybridized carbons (Fsp3) is 0.214. The lowest BCUT2D eigenvalue weighted by molar-refractivity contribution is 0.667. The first-order chi connectivity index (χ1) is 9.86. The normalized spacial score (nSPS) is 11.0. The summed E-state index contributed by atoms with van der Waals surface area (Å²) in [6.07, 6.45) is 8.28. The molecule has 0 unspecified atom stereocenters. The zero-order valence-corrected chi connectivity index (χ0v) is 11.1. The molecule has 6 heteroatoms. The van der Waals surface area contributed by atoms with Gasteiger partial charge in [0.25, 0.3) is 0 Å². The fourth-order valence-corrected chi connectivity index (χ4v) is 2.06. The zero-order chi connectivity index (χ0) is 13.8. The van der Waals surface area contributed by atoms with Crippen molar-refractivity contribution in [2.24, 2.45) is 0 Å². The number of hydrogen-bond donors (Lipinski definition) is 1. The largest absolute Gasteiger partial charge is 0.312 e. The smallest absolute Gasteiger partial charge is 0.160 e. The van der Waals surface area contributed by atoms with Crippen molar-refractivity contribution in [3.8, 4) is 0 Å². The van der Waals surface area contributed by atoms with Gasteiger partial charge < -0.3 is 5.32 Å². The molecule has 0 amide bonds. The first-order valence-electron chi connectivity index (χ1n) is 6.52. The third-order valence-corrected chi connectivity index (χ3v) is 3.08. The second-order valence-corrected chi connectivity index (χ2v) is 4.48. The molecular weight excluding hydrogens is 252 g/mol. The highest BCUT2D eigenvalue weighted by Crippen LogP contribution is 2.03. The van der Waals surface area contributed by atoms with Crippen molar-refractivity contribution in [3.05, 3.63) is 54.8 Å². The van der Waals surface area contributed by atoms with E-state index in [4.69, 9.17) is 0 Å². The van der Waals surface area contributed by atoms with Crippen LogP contribution in [-0.4, -0.2) is 30.9 Å². The molecule has 0 aromatic carbocycles. The molecule has 0 aliphatic heterocycles. The predicted molar refractivity (Wildman–Crippen MR) is 77.0 cm³/mol. The van der Waals surface area contributed by atoms with Crippen LogP contribution in [-0.2, 0) is 13.0 Å². The van der Waals surface area contributed by atoms with Crippen LogP contribution in [0.15, 0.2) is 43.4 Å². The Balaban J connectivity index is 1.53. The molecule has 3 heterocycles. The Labute approximate surface area is 116 Å². The van der Waals surface area contributed by atoms with Crippen molar-refractivity contribution >= 4 is 11.8 Å². The van der Waals surface area contributed by atoms with Gasteiger partial charge in [-0.3, -0.25) is 4.40 Å². The highest BCUT2D eigenvalue weighted by Gasteiger charge is 2.03. The molecular formula is C14H16N6. The second kappa shape index (κ2) is 5.66. The van der Waals surface area contributed by atoms with Crippen LogP contribution in [0.25, 0.3) is 11.8 Å². The van der Waals surface area contributed by atoms with Gasteiger partial charge in [0.1, 0.15) is 5.82 Å².